The number of hydrogen-bond acceptors (Lipinski definition) is 2. The summed E-state index contributed by atoms with van der Waals surface area (Å²) in [6.07, 6.45) is 1.10. The van der Waals surface area contributed by atoms with Crippen LogP contribution in [0.25, 0.3) is 0 Å². The first kappa shape index (κ1) is 11.6. The highest BCUT2D eigenvalue weighted by Crippen LogP contribution is 2.28. The molecule has 0 aliphatic carbocycles. The third kappa shape index (κ3) is 2.45. The molecule has 0 saturated carbocycles. The topological polar surface area (TPSA) is 32.3 Å². The number of nitrogens with one attached hydrogen (secondary N) is 1. The number of aryl methyl sites for hydroxylation is 2. The number of rotatable bonds is 2. The van der Waals surface area contributed by atoms with E-state index in [-0.39, 0.29) is 0 Å². The monoisotopic (exact) mass is 219 g/mol. The molecule has 1 aromatic carbocycles. The van der Waals surface area contributed by atoms with Gasteiger partial charge >= 0.3 is 0 Å². The summed E-state index contributed by atoms with van der Waals surface area (Å²) in [7, 11) is 0. The van der Waals surface area contributed by atoms with E-state index in [1.165, 1.54) is 16.7 Å². The molecule has 2 heteroatoms. The summed E-state index contributed by atoms with van der Waals surface area (Å²) in [5.74, 6) is 0.978. The average molecular weight is 219 g/mol. The van der Waals surface area contributed by atoms with Crippen molar-refractivity contribution in [2.45, 2.75) is 26.2 Å². The predicted molar refractivity (Wildman–Crippen MR) is 66.7 cm³/mol. The maximum atomic E-state index is 9.23. The van der Waals surface area contributed by atoms with Crippen LogP contribution in [0.15, 0.2) is 18.2 Å². The lowest BCUT2D eigenvalue weighted by Crippen LogP contribution is -2.36. The van der Waals surface area contributed by atoms with E-state index >= 15 is 0 Å². The van der Waals surface area contributed by atoms with Crippen molar-refractivity contribution in [3.63, 3.8) is 0 Å². The lowest BCUT2D eigenvalue weighted by molar-refractivity contribution is 0.190. The zero-order valence-electron chi connectivity index (χ0n) is 10.2. The summed E-state index contributed by atoms with van der Waals surface area (Å²) in [5, 5.41) is 12.6. The predicted octanol–water partition coefficient (Wildman–Crippen LogP) is 1.99. The molecule has 0 radical (unpaired) electrons. The molecule has 0 bridgehead atoms. The Labute approximate surface area is 97.7 Å². The highest BCUT2D eigenvalue weighted by atomic mass is 16.3. The van der Waals surface area contributed by atoms with Crippen LogP contribution in [0.2, 0.25) is 0 Å². The Morgan fingerprint density at radius 1 is 1.31 bits per heavy atom. The van der Waals surface area contributed by atoms with E-state index in [9.17, 15) is 5.11 Å². The number of aliphatic hydroxyl groups is 1. The molecule has 2 unspecified atom stereocenters. The van der Waals surface area contributed by atoms with Gasteiger partial charge in [0.15, 0.2) is 0 Å². The molecular formula is C14H21NO. The third-order valence-electron chi connectivity index (χ3n) is 3.56. The Morgan fingerprint density at radius 3 is 2.81 bits per heavy atom. The third-order valence-corrected chi connectivity index (χ3v) is 3.56. The van der Waals surface area contributed by atoms with Gasteiger partial charge in [0.2, 0.25) is 0 Å². The molecular weight excluding hydrogens is 198 g/mol. The molecule has 1 heterocycles. The van der Waals surface area contributed by atoms with Crippen LogP contribution in [-0.4, -0.2) is 24.8 Å². The van der Waals surface area contributed by atoms with Crippen molar-refractivity contribution in [3.05, 3.63) is 34.9 Å². The molecule has 1 saturated heterocycles. The van der Waals surface area contributed by atoms with Crippen molar-refractivity contribution in [1.29, 1.82) is 0 Å². The molecule has 1 aliphatic rings. The number of piperidine rings is 1. The number of hydrogen-bond donors (Lipinski definition) is 2. The average Bonchev–Trinajstić information content (AvgIpc) is 2.29. The van der Waals surface area contributed by atoms with E-state index in [0.29, 0.717) is 18.4 Å². The van der Waals surface area contributed by atoms with Gasteiger partial charge in [0.05, 0.1) is 0 Å². The standard InChI is InChI=1S/C14H21NO/c1-10-3-4-14(11(2)5-10)13-6-12(9-16)7-15-8-13/h3-5,12-13,15-16H,6-9H2,1-2H3. The van der Waals surface area contributed by atoms with E-state index in [0.717, 1.165) is 19.5 Å². The van der Waals surface area contributed by atoms with E-state index in [2.05, 4.69) is 37.4 Å². The van der Waals surface area contributed by atoms with Crippen molar-refractivity contribution in [3.8, 4) is 0 Å². The van der Waals surface area contributed by atoms with Gasteiger partial charge in [-0.3, -0.25) is 0 Å². The largest absolute Gasteiger partial charge is 0.396 e. The van der Waals surface area contributed by atoms with Crippen LogP contribution < -0.4 is 5.32 Å². The van der Waals surface area contributed by atoms with E-state index < -0.39 is 0 Å². The van der Waals surface area contributed by atoms with Gasteiger partial charge < -0.3 is 10.4 Å². The molecule has 2 atom stereocenters. The highest BCUT2D eigenvalue weighted by molar-refractivity contribution is 5.33. The van der Waals surface area contributed by atoms with Crippen molar-refractivity contribution >= 4 is 0 Å². The zero-order valence-corrected chi connectivity index (χ0v) is 10.2. The van der Waals surface area contributed by atoms with E-state index in [1.54, 1.807) is 0 Å². The molecule has 0 aromatic heterocycles. The van der Waals surface area contributed by atoms with Gasteiger partial charge in [-0.2, -0.15) is 0 Å². The summed E-state index contributed by atoms with van der Waals surface area (Å²) in [4.78, 5) is 0. The second kappa shape index (κ2) is 4.98. The van der Waals surface area contributed by atoms with Crippen molar-refractivity contribution in [2.75, 3.05) is 19.7 Å². The quantitative estimate of drug-likeness (QED) is 0.797. The van der Waals surface area contributed by atoms with Crippen molar-refractivity contribution in [1.82, 2.24) is 5.32 Å². The van der Waals surface area contributed by atoms with Crippen molar-refractivity contribution in [2.24, 2.45) is 5.92 Å². The lowest BCUT2D eigenvalue weighted by atomic mass is 9.84. The minimum absolute atomic E-state index is 0.300. The van der Waals surface area contributed by atoms with Crippen LogP contribution in [-0.2, 0) is 0 Å². The van der Waals surface area contributed by atoms with Gasteiger partial charge in [-0.05, 0) is 43.2 Å². The Bertz CT molecular complexity index is 362. The first-order valence-corrected chi connectivity index (χ1v) is 6.09. The molecule has 1 fully saturated rings. The molecule has 0 spiro atoms. The van der Waals surface area contributed by atoms with Crippen LogP contribution in [0.3, 0.4) is 0 Å². The SMILES string of the molecule is Cc1ccc(C2CNCC(CO)C2)c(C)c1. The van der Waals surface area contributed by atoms with Crippen LogP contribution in [0.1, 0.15) is 29.0 Å². The Hall–Kier alpha value is -0.860. The maximum absolute atomic E-state index is 9.23. The fourth-order valence-electron chi connectivity index (χ4n) is 2.69. The summed E-state index contributed by atoms with van der Waals surface area (Å²) >= 11 is 0. The molecule has 2 rings (SSSR count). The molecule has 1 aromatic rings. The van der Waals surface area contributed by atoms with Gasteiger partial charge in [0.25, 0.3) is 0 Å². The van der Waals surface area contributed by atoms with Crippen LogP contribution in [0.5, 0.6) is 0 Å². The normalized spacial score (nSPS) is 25.7. The summed E-state index contributed by atoms with van der Waals surface area (Å²) in [5.41, 5.74) is 4.14. The highest BCUT2D eigenvalue weighted by Gasteiger charge is 2.23. The smallest absolute Gasteiger partial charge is 0.0471 e. The fourth-order valence-corrected chi connectivity index (χ4v) is 2.69. The summed E-state index contributed by atoms with van der Waals surface area (Å²) < 4.78 is 0. The van der Waals surface area contributed by atoms with Gasteiger partial charge in [-0.1, -0.05) is 23.8 Å². The molecule has 2 N–H and O–H groups in total. The lowest BCUT2D eigenvalue weighted by Gasteiger charge is -2.30. The Balaban J connectivity index is 2.16. The zero-order chi connectivity index (χ0) is 11.5. The molecule has 2 nitrogen and oxygen atoms in total. The van der Waals surface area contributed by atoms with E-state index in [4.69, 9.17) is 0 Å². The first-order chi connectivity index (χ1) is 7.70. The molecule has 0 amide bonds. The van der Waals surface area contributed by atoms with E-state index in [1.807, 2.05) is 0 Å². The fraction of sp³-hybridized carbons (Fsp3) is 0.571. The molecule has 88 valence electrons. The maximum Gasteiger partial charge on any atom is 0.0471 e. The van der Waals surface area contributed by atoms with Crippen LogP contribution in [0, 0.1) is 19.8 Å². The van der Waals surface area contributed by atoms with Crippen LogP contribution in [0.4, 0.5) is 0 Å². The second-order valence-electron chi connectivity index (χ2n) is 5.00. The first-order valence-electron chi connectivity index (χ1n) is 6.09. The molecule has 16 heavy (non-hydrogen) atoms. The Kier molecular flexibility index (Phi) is 3.62. The molecule has 1 aliphatic heterocycles. The van der Waals surface area contributed by atoms with Crippen LogP contribution >= 0.6 is 0 Å². The number of benzene rings is 1. The Morgan fingerprint density at radius 2 is 2.12 bits per heavy atom. The van der Waals surface area contributed by atoms with Gasteiger partial charge in [0, 0.05) is 19.7 Å². The minimum atomic E-state index is 0.300. The van der Waals surface area contributed by atoms with Gasteiger partial charge in [-0.15, -0.1) is 0 Å². The second-order valence-corrected chi connectivity index (χ2v) is 5.00. The summed E-state index contributed by atoms with van der Waals surface area (Å²) in [6.45, 7) is 6.62. The summed E-state index contributed by atoms with van der Waals surface area (Å²) in [6, 6.07) is 6.68. The van der Waals surface area contributed by atoms with Crippen molar-refractivity contribution < 1.29 is 5.11 Å². The number of aliphatic hydroxyl groups excluding tert-OH is 1. The van der Waals surface area contributed by atoms with Gasteiger partial charge in [-0.25, -0.2) is 0 Å². The minimum Gasteiger partial charge on any atom is -0.396 e. The van der Waals surface area contributed by atoms with Gasteiger partial charge in [0.1, 0.15) is 0 Å².